The first-order valence-electron chi connectivity index (χ1n) is 9.02. The standard InChI is InChI=1S/C18H34Cl2O/c1-2-3-4-5-6-7-8-9-10-11-12-13-14-15-16-17(19)18(20)21/h17H,2-16H2,1H3. The Morgan fingerprint density at radius 1 is 0.714 bits per heavy atom. The van der Waals surface area contributed by atoms with Gasteiger partial charge in [-0.25, -0.2) is 0 Å². The minimum absolute atomic E-state index is 0.411. The van der Waals surface area contributed by atoms with Gasteiger partial charge in [0.2, 0.25) is 5.24 Å². The molecule has 1 atom stereocenters. The van der Waals surface area contributed by atoms with Gasteiger partial charge in [-0.1, -0.05) is 96.8 Å². The first-order chi connectivity index (χ1) is 10.2. The van der Waals surface area contributed by atoms with Crippen LogP contribution >= 0.6 is 23.2 Å². The Balaban J connectivity index is 3.04. The van der Waals surface area contributed by atoms with Gasteiger partial charge in [0, 0.05) is 0 Å². The summed E-state index contributed by atoms with van der Waals surface area (Å²) in [5.41, 5.74) is 0. The van der Waals surface area contributed by atoms with Crippen LogP contribution in [0.1, 0.15) is 103 Å². The molecule has 0 fully saturated rings. The first-order valence-corrected chi connectivity index (χ1v) is 9.83. The van der Waals surface area contributed by atoms with Crippen molar-refractivity contribution in [3.05, 3.63) is 0 Å². The van der Waals surface area contributed by atoms with Crippen molar-refractivity contribution in [2.24, 2.45) is 0 Å². The molecule has 0 aromatic carbocycles. The van der Waals surface area contributed by atoms with Crippen LogP contribution in [0, 0.1) is 0 Å². The molecule has 0 bridgehead atoms. The zero-order valence-corrected chi connectivity index (χ0v) is 15.4. The fourth-order valence-electron chi connectivity index (χ4n) is 2.63. The van der Waals surface area contributed by atoms with E-state index in [-0.39, 0.29) is 0 Å². The molecule has 0 aromatic rings. The molecule has 0 aromatic heterocycles. The Kier molecular flexibility index (Phi) is 16.8. The highest BCUT2D eigenvalue weighted by atomic mass is 35.5. The molecular weight excluding hydrogens is 303 g/mol. The van der Waals surface area contributed by atoms with Gasteiger partial charge in [0.15, 0.2) is 0 Å². The first kappa shape index (κ1) is 21.2. The van der Waals surface area contributed by atoms with E-state index in [9.17, 15) is 4.79 Å². The molecule has 0 saturated carbocycles. The number of unbranched alkanes of at least 4 members (excludes halogenated alkanes) is 13. The normalized spacial score (nSPS) is 12.5. The van der Waals surface area contributed by atoms with E-state index < -0.39 is 10.6 Å². The molecule has 21 heavy (non-hydrogen) atoms. The molecule has 0 aliphatic heterocycles. The van der Waals surface area contributed by atoms with E-state index in [0.29, 0.717) is 0 Å². The maximum absolute atomic E-state index is 10.7. The highest BCUT2D eigenvalue weighted by molar-refractivity contribution is 6.69. The molecule has 0 spiro atoms. The fourth-order valence-corrected chi connectivity index (χ4v) is 2.89. The van der Waals surface area contributed by atoms with Crippen LogP contribution in [-0.2, 0) is 4.79 Å². The van der Waals surface area contributed by atoms with Crippen LogP contribution in [0.4, 0.5) is 0 Å². The van der Waals surface area contributed by atoms with Crippen molar-refractivity contribution in [2.45, 2.75) is 109 Å². The van der Waals surface area contributed by atoms with Crippen LogP contribution in [0.3, 0.4) is 0 Å². The molecular formula is C18H34Cl2O. The van der Waals surface area contributed by atoms with Crippen LogP contribution in [0.25, 0.3) is 0 Å². The summed E-state index contributed by atoms with van der Waals surface area (Å²) in [5, 5.41) is -0.893. The van der Waals surface area contributed by atoms with Crippen molar-refractivity contribution in [2.75, 3.05) is 0 Å². The predicted octanol–water partition coefficient (Wildman–Crippen LogP) is 7.23. The van der Waals surface area contributed by atoms with Gasteiger partial charge in [0.1, 0.15) is 5.38 Å². The van der Waals surface area contributed by atoms with Gasteiger partial charge in [0.25, 0.3) is 0 Å². The number of hydrogen-bond donors (Lipinski definition) is 0. The largest absolute Gasteiger partial charge is 0.280 e. The van der Waals surface area contributed by atoms with Crippen LogP contribution in [0.2, 0.25) is 0 Å². The number of hydrogen-bond acceptors (Lipinski definition) is 1. The Bertz CT molecular complexity index is 231. The Morgan fingerprint density at radius 2 is 1.05 bits per heavy atom. The van der Waals surface area contributed by atoms with Gasteiger partial charge in [-0.3, -0.25) is 4.79 Å². The van der Waals surface area contributed by atoms with E-state index in [2.05, 4.69) is 6.92 Å². The fraction of sp³-hybridized carbons (Fsp3) is 0.944. The van der Waals surface area contributed by atoms with E-state index in [1.165, 1.54) is 83.5 Å². The lowest BCUT2D eigenvalue weighted by atomic mass is 10.0. The van der Waals surface area contributed by atoms with Crippen LogP contribution < -0.4 is 0 Å². The Hall–Kier alpha value is 0.250. The second-order valence-corrected chi connectivity index (χ2v) is 7.06. The lowest BCUT2D eigenvalue weighted by Gasteiger charge is -2.04. The topological polar surface area (TPSA) is 17.1 Å². The van der Waals surface area contributed by atoms with E-state index in [1.54, 1.807) is 0 Å². The second kappa shape index (κ2) is 16.6. The smallest absolute Gasteiger partial charge is 0.239 e. The second-order valence-electron chi connectivity index (χ2n) is 6.16. The van der Waals surface area contributed by atoms with Crippen LogP contribution in [0.15, 0.2) is 0 Å². The lowest BCUT2D eigenvalue weighted by Crippen LogP contribution is -2.06. The van der Waals surface area contributed by atoms with E-state index >= 15 is 0 Å². The monoisotopic (exact) mass is 336 g/mol. The number of carbonyl (C=O) groups excluding carboxylic acids is 1. The van der Waals surface area contributed by atoms with Gasteiger partial charge in [-0.2, -0.15) is 0 Å². The third-order valence-corrected chi connectivity index (χ3v) is 4.85. The van der Waals surface area contributed by atoms with Crippen molar-refractivity contribution in [1.29, 1.82) is 0 Å². The maximum Gasteiger partial charge on any atom is 0.239 e. The van der Waals surface area contributed by atoms with E-state index in [0.717, 1.165) is 12.8 Å². The third kappa shape index (κ3) is 16.4. The molecule has 0 saturated heterocycles. The van der Waals surface area contributed by atoms with Crippen molar-refractivity contribution >= 4 is 28.4 Å². The minimum Gasteiger partial charge on any atom is -0.280 e. The molecule has 1 nitrogen and oxygen atoms in total. The summed E-state index contributed by atoms with van der Waals surface area (Å²) in [7, 11) is 0. The summed E-state index contributed by atoms with van der Waals surface area (Å²) in [4.78, 5) is 10.7. The predicted molar refractivity (Wildman–Crippen MR) is 95.4 cm³/mol. The summed E-state index contributed by atoms with van der Waals surface area (Å²) in [5.74, 6) is 0. The van der Waals surface area contributed by atoms with Crippen LogP contribution in [-0.4, -0.2) is 10.6 Å². The average Bonchev–Trinajstić information content (AvgIpc) is 2.47. The summed E-state index contributed by atoms with van der Waals surface area (Å²) in [6.07, 6.45) is 19.5. The quantitative estimate of drug-likeness (QED) is 0.165. The van der Waals surface area contributed by atoms with Crippen molar-refractivity contribution in [1.82, 2.24) is 0 Å². The van der Waals surface area contributed by atoms with Gasteiger partial charge in [0.05, 0.1) is 0 Å². The van der Waals surface area contributed by atoms with Gasteiger partial charge in [-0.05, 0) is 18.0 Å². The van der Waals surface area contributed by atoms with Crippen LogP contribution in [0.5, 0.6) is 0 Å². The highest BCUT2D eigenvalue weighted by Crippen LogP contribution is 2.15. The molecule has 0 N–H and O–H groups in total. The SMILES string of the molecule is CCCCCCCCCCCCCCCCC(Cl)C(=O)Cl. The minimum atomic E-state index is -0.482. The number of rotatable bonds is 16. The number of carbonyl (C=O) groups is 1. The highest BCUT2D eigenvalue weighted by Gasteiger charge is 2.10. The number of alkyl halides is 1. The van der Waals surface area contributed by atoms with Gasteiger partial charge >= 0.3 is 0 Å². The molecule has 0 aliphatic rings. The van der Waals surface area contributed by atoms with Crippen molar-refractivity contribution < 1.29 is 4.79 Å². The Morgan fingerprint density at radius 3 is 1.38 bits per heavy atom. The summed E-state index contributed by atoms with van der Waals surface area (Å²) < 4.78 is 0. The molecule has 0 radical (unpaired) electrons. The van der Waals surface area contributed by atoms with Gasteiger partial charge in [-0.15, -0.1) is 11.6 Å². The van der Waals surface area contributed by atoms with E-state index in [1.807, 2.05) is 0 Å². The zero-order valence-electron chi connectivity index (χ0n) is 13.8. The summed E-state index contributed by atoms with van der Waals surface area (Å²) >= 11 is 11.1. The number of halogens is 2. The molecule has 0 amide bonds. The maximum atomic E-state index is 10.7. The van der Waals surface area contributed by atoms with E-state index in [4.69, 9.17) is 23.2 Å². The summed E-state index contributed by atoms with van der Waals surface area (Å²) in [6, 6.07) is 0. The molecule has 0 aliphatic carbocycles. The molecule has 0 heterocycles. The lowest BCUT2D eigenvalue weighted by molar-refractivity contribution is -0.111. The molecule has 3 heteroatoms. The molecule has 0 rings (SSSR count). The molecule has 126 valence electrons. The van der Waals surface area contributed by atoms with Crippen molar-refractivity contribution in [3.63, 3.8) is 0 Å². The zero-order chi connectivity index (χ0) is 15.8. The van der Waals surface area contributed by atoms with Gasteiger partial charge < -0.3 is 0 Å². The summed E-state index contributed by atoms with van der Waals surface area (Å²) in [6.45, 7) is 2.27. The molecule has 1 unspecified atom stereocenters. The van der Waals surface area contributed by atoms with Crippen molar-refractivity contribution in [3.8, 4) is 0 Å². The average molecular weight is 337 g/mol. The third-order valence-electron chi connectivity index (χ3n) is 4.06. The Labute approximate surface area is 142 Å².